The fourth-order valence-electron chi connectivity index (χ4n) is 2.07. The number of aromatic nitrogens is 1. The smallest absolute Gasteiger partial charge is 0.0440 e. The zero-order chi connectivity index (χ0) is 13.2. The normalized spacial score (nSPS) is 15.8. The summed E-state index contributed by atoms with van der Waals surface area (Å²) in [5.41, 5.74) is 2.74. The van der Waals surface area contributed by atoms with Crippen LogP contribution in [0.15, 0.2) is 18.5 Å². The molecule has 0 bridgehead atoms. The molecule has 0 radical (unpaired) electrons. The van der Waals surface area contributed by atoms with Crippen LogP contribution in [-0.2, 0) is 6.54 Å². The highest BCUT2D eigenvalue weighted by Crippen LogP contribution is 2.31. The minimum atomic E-state index is 0.141. The molecule has 0 atom stereocenters. The van der Waals surface area contributed by atoms with Crippen LogP contribution in [0.3, 0.4) is 0 Å². The minimum Gasteiger partial charge on any atom is -0.374 e. The molecule has 100 valence electrons. The van der Waals surface area contributed by atoms with Gasteiger partial charge in [-0.25, -0.2) is 0 Å². The third-order valence-corrected chi connectivity index (χ3v) is 3.33. The first-order valence-corrected chi connectivity index (χ1v) is 6.85. The van der Waals surface area contributed by atoms with Crippen molar-refractivity contribution in [1.29, 1.82) is 0 Å². The second kappa shape index (κ2) is 5.27. The van der Waals surface area contributed by atoms with E-state index in [0.29, 0.717) is 0 Å². The van der Waals surface area contributed by atoms with Gasteiger partial charge in [-0.2, -0.15) is 0 Å². The first kappa shape index (κ1) is 13.3. The first-order chi connectivity index (χ1) is 8.46. The summed E-state index contributed by atoms with van der Waals surface area (Å²) in [7, 11) is 2.19. The monoisotopic (exact) mass is 247 g/mol. The highest BCUT2D eigenvalue weighted by Gasteiger charge is 2.23. The number of hydrogen-bond acceptors (Lipinski definition) is 3. The number of pyridine rings is 1. The number of nitrogens with one attached hydrogen (secondary N) is 1. The summed E-state index contributed by atoms with van der Waals surface area (Å²) < 4.78 is 0. The lowest BCUT2D eigenvalue weighted by Gasteiger charge is -2.25. The summed E-state index contributed by atoms with van der Waals surface area (Å²) in [6, 6.07) is 2.13. The van der Waals surface area contributed by atoms with Crippen molar-refractivity contribution in [2.24, 2.45) is 5.92 Å². The maximum absolute atomic E-state index is 4.26. The molecule has 0 spiro atoms. The van der Waals surface area contributed by atoms with E-state index in [2.05, 4.69) is 49.1 Å². The molecule has 0 aliphatic heterocycles. The lowest BCUT2D eigenvalue weighted by molar-refractivity contribution is 0.424. The van der Waals surface area contributed by atoms with Crippen LogP contribution < -0.4 is 10.2 Å². The third kappa shape index (κ3) is 3.98. The molecule has 18 heavy (non-hydrogen) atoms. The van der Waals surface area contributed by atoms with Crippen LogP contribution in [-0.4, -0.2) is 24.1 Å². The van der Waals surface area contributed by atoms with E-state index in [1.54, 1.807) is 0 Å². The number of hydrogen-bond donors (Lipinski definition) is 1. The average molecular weight is 247 g/mol. The average Bonchev–Trinajstić information content (AvgIpc) is 3.09. The molecule has 1 N–H and O–H groups in total. The van der Waals surface area contributed by atoms with Gasteiger partial charge in [0.2, 0.25) is 0 Å². The molecule has 1 aromatic rings. The van der Waals surface area contributed by atoms with Crippen molar-refractivity contribution < 1.29 is 0 Å². The van der Waals surface area contributed by atoms with Crippen molar-refractivity contribution in [3.63, 3.8) is 0 Å². The van der Waals surface area contributed by atoms with E-state index in [9.17, 15) is 0 Å². The minimum absolute atomic E-state index is 0.141. The van der Waals surface area contributed by atoms with E-state index < -0.39 is 0 Å². The molecule has 3 heteroatoms. The lowest BCUT2D eigenvalue weighted by atomic mass is 10.1. The van der Waals surface area contributed by atoms with Crippen LogP contribution in [0.5, 0.6) is 0 Å². The maximum atomic E-state index is 4.26. The van der Waals surface area contributed by atoms with E-state index >= 15 is 0 Å². The van der Waals surface area contributed by atoms with Crippen LogP contribution in [0.4, 0.5) is 5.69 Å². The van der Waals surface area contributed by atoms with Crippen LogP contribution in [0, 0.1) is 5.92 Å². The molecule has 2 rings (SSSR count). The Labute approximate surface area is 111 Å². The van der Waals surface area contributed by atoms with Gasteiger partial charge in [-0.05, 0) is 45.6 Å². The van der Waals surface area contributed by atoms with Gasteiger partial charge >= 0.3 is 0 Å². The van der Waals surface area contributed by atoms with Crippen molar-refractivity contribution in [3.8, 4) is 0 Å². The summed E-state index contributed by atoms with van der Waals surface area (Å²) in [4.78, 5) is 6.63. The van der Waals surface area contributed by atoms with E-state index in [-0.39, 0.29) is 5.54 Å². The molecule has 1 aliphatic carbocycles. The maximum Gasteiger partial charge on any atom is 0.0440 e. The van der Waals surface area contributed by atoms with Gasteiger partial charge in [-0.1, -0.05) is 0 Å². The molecule has 1 heterocycles. The molecular weight excluding hydrogens is 222 g/mol. The molecule has 0 aromatic carbocycles. The molecule has 1 aliphatic rings. The van der Waals surface area contributed by atoms with Gasteiger partial charge in [0.05, 0.1) is 0 Å². The van der Waals surface area contributed by atoms with E-state index in [0.717, 1.165) is 12.5 Å². The molecule has 0 unspecified atom stereocenters. The van der Waals surface area contributed by atoms with Crippen LogP contribution >= 0.6 is 0 Å². The molecule has 1 aromatic heterocycles. The van der Waals surface area contributed by atoms with Crippen molar-refractivity contribution in [2.75, 3.05) is 18.5 Å². The Morgan fingerprint density at radius 1 is 1.39 bits per heavy atom. The zero-order valence-electron chi connectivity index (χ0n) is 12.0. The highest BCUT2D eigenvalue weighted by atomic mass is 15.1. The Bertz CT molecular complexity index is 391. The number of rotatable bonds is 5. The number of anilines is 1. The summed E-state index contributed by atoms with van der Waals surface area (Å²) in [5.74, 6) is 0.909. The van der Waals surface area contributed by atoms with Crippen LogP contribution in [0.1, 0.15) is 39.2 Å². The largest absolute Gasteiger partial charge is 0.374 e. The fourth-order valence-corrected chi connectivity index (χ4v) is 2.07. The standard InChI is InChI=1S/C15H25N3/c1-15(2,3)17-10-13-9-16-8-7-14(13)18(4)11-12-5-6-12/h7-9,12,17H,5-6,10-11H2,1-4H3. The highest BCUT2D eigenvalue weighted by molar-refractivity contribution is 5.51. The van der Waals surface area contributed by atoms with Gasteiger partial charge in [-0.3, -0.25) is 4.98 Å². The Balaban J connectivity index is 2.04. The van der Waals surface area contributed by atoms with Gasteiger partial charge in [-0.15, -0.1) is 0 Å². The van der Waals surface area contributed by atoms with Crippen molar-refractivity contribution >= 4 is 5.69 Å². The molecular formula is C15H25N3. The van der Waals surface area contributed by atoms with E-state index in [1.807, 2.05) is 12.4 Å². The Hall–Kier alpha value is -1.09. The fraction of sp³-hybridized carbons (Fsp3) is 0.667. The van der Waals surface area contributed by atoms with Gasteiger partial charge in [0, 0.05) is 49.3 Å². The summed E-state index contributed by atoms with van der Waals surface area (Å²) in [6.07, 6.45) is 6.66. The lowest BCUT2D eigenvalue weighted by Crippen LogP contribution is -2.35. The number of nitrogens with zero attached hydrogens (tertiary/aromatic N) is 2. The SMILES string of the molecule is CN(CC1CC1)c1ccncc1CNC(C)(C)C. The molecule has 0 amide bonds. The Morgan fingerprint density at radius 3 is 2.72 bits per heavy atom. The molecule has 3 nitrogen and oxygen atoms in total. The Morgan fingerprint density at radius 2 is 2.11 bits per heavy atom. The van der Waals surface area contributed by atoms with Gasteiger partial charge in [0.15, 0.2) is 0 Å². The molecule has 0 saturated heterocycles. The second-order valence-corrected chi connectivity index (χ2v) is 6.43. The molecule has 1 fully saturated rings. The van der Waals surface area contributed by atoms with Crippen molar-refractivity contribution in [2.45, 2.75) is 45.7 Å². The second-order valence-electron chi connectivity index (χ2n) is 6.43. The first-order valence-electron chi connectivity index (χ1n) is 6.85. The summed E-state index contributed by atoms with van der Waals surface area (Å²) >= 11 is 0. The van der Waals surface area contributed by atoms with Crippen molar-refractivity contribution in [3.05, 3.63) is 24.0 Å². The van der Waals surface area contributed by atoms with Crippen LogP contribution in [0.2, 0.25) is 0 Å². The van der Waals surface area contributed by atoms with Gasteiger partial charge in [0.1, 0.15) is 0 Å². The molecule has 1 saturated carbocycles. The summed E-state index contributed by atoms with van der Waals surface area (Å²) in [6.45, 7) is 8.62. The van der Waals surface area contributed by atoms with Gasteiger partial charge in [0.25, 0.3) is 0 Å². The quantitative estimate of drug-likeness (QED) is 0.867. The topological polar surface area (TPSA) is 28.2 Å². The Kier molecular flexibility index (Phi) is 3.91. The third-order valence-electron chi connectivity index (χ3n) is 3.33. The predicted molar refractivity (Wildman–Crippen MR) is 76.8 cm³/mol. The van der Waals surface area contributed by atoms with E-state index in [1.165, 1.54) is 30.6 Å². The summed E-state index contributed by atoms with van der Waals surface area (Å²) in [5, 5.41) is 3.54. The van der Waals surface area contributed by atoms with Gasteiger partial charge < -0.3 is 10.2 Å². The predicted octanol–water partition coefficient (Wildman–Crippen LogP) is 2.82. The van der Waals surface area contributed by atoms with Crippen LogP contribution in [0.25, 0.3) is 0 Å². The van der Waals surface area contributed by atoms with Crippen molar-refractivity contribution in [1.82, 2.24) is 10.3 Å². The zero-order valence-corrected chi connectivity index (χ0v) is 12.0. The van der Waals surface area contributed by atoms with E-state index in [4.69, 9.17) is 0 Å².